The van der Waals surface area contributed by atoms with E-state index in [1.165, 1.54) is 18.2 Å². The highest BCUT2D eigenvalue weighted by Crippen LogP contribution is 2.21. The number of halogens is 2. The number of nitrogens with zero attached hydrogens (tertiary/aromatic N) is 2. The van der Waals surface area contributed by atoms with Crippen LogP contribution >= 0.6 is 0 Å². The summed E-state index contributed by atoms with van der Waals surface area (Å²) in [5, 5.41) is 0. The van der Waals surface area contributed by atoms with Crippen molar-refractivity contribution in [1.29, 1.82) is 0 Å². The Balaban J connectivity index is 1.42. The van der Waals surface area contributed by atoms with Gasteiger partial charge in [-0.2, -0.15) is 0 Å². The summed E-state index contributed by atoms with van der Waals surface area (Å²) in [4.78, 5) is 16.7. The highest BCUT2D eigenvalue weighted by Gasteiger charge is 2.11. The third-order valence-electron chi connectivity index (χ3n) is 4.71. The molecule has 0 spiro atoms. The molecular formula is C23H18F2N2O2. The molecule has 2 aromatic heterocycles. The first-order chi connectivity index (χ1) is 14.1. The van der Waals surface area contributed by atoms with E-state index in [0.717, 1.165) is 0 Å². The van der Waals surface area contributed by atoms with E-state index in [1.807, 2.05) is 4.40 Å². The van der Waals surface area contributed by atoms with Gasteiger partial charge in [0.15, 0.2) is 5.78 Å². The molecule has 0 aliphatic heterocycles. The third kappa shape index (κ3) is 4.32. The van der Waals surface area contributed by atoms with Gasteiger partial charge in [0.2, 0.25) is 0 Å². The minimum Gasteiger partial charge on any atom is -0.489 e. The molecule has 6 heteroatoms. The maximum atomic E-state index is 14.2. The Labute approximate surface area is 166 Å². The number of benzene rings is 2. The van der Waals surface area contributed by atoms with Gasteiger partial charge < -0.3 is 9.14 Å². The summed E-state index contributed by atoms with van der Waals surface area (Å²) in [5.74, 6) is -0.418. The second kappa shape index (κ2) is 8.22. The zero-order chi connectivity index (χ0) is 20.2. The van der Waals surface area contributed by atoms with Crippen molar-refractivity contribution in [3.63, 3.8) is 0 Å². The molecule has 4 nitrogen and oxygen atoms in total. The standard InChI is InChI=1S/C23H18F2N2O2/c24-20-4-2-1-3-18(20)15-29-19-6-7-21(25)16(13-19)5-8-22(28)17-9-11-27-12-10-26-23(27)14-17/h1-4,6-7,9-14H,5,8,15H2. The Bertz CT molecular complexity index is 1170. The number of Topliss-reactive ketones (excluding diaryl/α,β-unsaturated/α-hetero) is 1. The molecule has 29 heavy (non-hydrogen) atoms. The summed E-state index contributed by atoms with van der Waals surface area (Å²) in [6.45, 7) is 0.0427. The summed E-state index contributed by atoms with van der Waals surface area (Å²) < 4.78 is 35.3. The van der Waals surface area contributed by atoms with Crippen molar-refractivity contribution in [2.24, 2.45) is 0 Å². The normalized spacial score (nSPS) is 11.0. The zero-order valence-electron chi connectivity index (χ0n) is 15.5. The first-order valence-electron chi connectivity index (χ1n) is 9.21. The van der Waals surface area contributed by atoms with Crippen molar-refractivity contribution in [2.45, 2.75) is 19.4 Å². The highest BCUT2D eigenvalue weighted by atomic mass is 19.1. The maximum Gasteiger partial charge on any atom is 0.163 e. The highest BCUT2D eigenvalue weighted by molar-refractivity contribution is 5.96. The van der Waals surface area contributed by atoms with Crippen LogP contribution in [0.3, 0.4) is 0 Å². The molecule has 4 rings (SSSR count). The van der Waals surface area contributed by atoms with Crippen LogP contribution in [0.25, 0.3) is 5.65 Å². The van der Waals surface area contributed by atoms with Crippen molar-refractivity contribution in [1.82, 2.24) is 9.38 Å². The van der Waals surface area contributed by atoms with E-state index in [-0.39, 0.29) is 31.0 Å². The number of rotatable bonds is 7. The summed E-state index contributed by atoms with van der Waals surface area (Å²) in [7, 11) is 0. The van der Waals surface area contributed by atoms with Crippen molar-refractivity contribution < 1.29 is 18.3 Å². The zero-order valence-corrected chi connectivity index (χ0v) is 15.5. The fourth-order valence-corrected chi connectivity index (χ4v) is 3.09. The number of ether oxygens (including phenoxy) is 1. The fraction of sp³-hybridized carbons (Fsp3) is 0.130. The second-order valence-electron chi connectivity index (χ2n) is 6.66. The predicted molar refractivity (Wildman–Crippen MR) is 105 cm³/mol. The molecule has 0 fully saturated rings. The number of carbonyl (C=O) groups is 1. The Morgan fingerprint density at radius 2 is 1.79 bits per heavy atom. The predicted octanol–water partition coefficient (Wildman–Crippen LogP) is 5.01. The average molecular weight is 392 g/mol. The monoisotopic (exact) mass is 392 g/mol. The number of pyridine rings is 1. The quantitative estimate of drug-likeness (QED) is 0.416. The third-order valence-corrected chi connectivity index (χ3v) is 4.71. The number of aryl methyl sites for hydroxylation is 1. The lowest BCUT2D eigenvalue weighted by Gasteiger charge is -2.10. The summed E-state index contributed by atoms with van der Waals surface area (Å²) >= 11 is 0. The topological polar surface area (TPSA) is 43.6 Å². The van der Waals surface area contributed by atoms with E-state index in [1.54, 1.807) is 55.0 Å². The van der Waals surface area contributed by atoms with E-state index in [2.05, 4.69) is 4.98 Å². The second-order valence-corrected chi connectivity index (χ2v) is 6.66. The molecule has 0 saturated heterocycles. The van der Waals surface area contributed by atoms with Gasteiger partial charge in [-0.3, -0.25) is 4.79 Å². The molecular weight excluding hydrogens is 374 g/mol. The molecule has 0 bridgehead atoms. The van der Waals surface area contributed by atoms with E-state index in [9.17, 15) is 13.6 Å². The number of hydrogen-bond donors (Lipinski definition) is 0. The van der Waals surface area contributed by atoms with E-state index in [0.29, 0.717) is 28.1 Å². The van der Waals surface area contributed by atoms with Crippen LogP contribution in [0, 0.1) is 11.6 Å². The van der Waals surface area contributed by atoms with Crippen LogP contribution < -0.4 is 4.74 Å². The fourth-order valence-electron chi connectivity index (χ4n) is 3.09. The molecule has 146 valence electrons. The van der Waals surface area contributed by atoms with Crippen LogP contribution in [0.2, 0.25) is 0 Å². The van der Waals surface area contributed by atoms with Crippen LogP contribution in [-0.4, -0.2) is 15.2 Å². The van der Waals surface area contributed by atoms with Crippen molar-refractivity contribution in [2.75, 3.05) is 0 Å². The first-order valence-corrected chi connectivity index (χ1v) is 9.21. The Morgan fingerprint density at radius 3 is 2.66 bits per heavy atom. The molecule has 2 heterocycles. The summed E-state index contributed by atoms with van der Waals surface area (Å²) in [6.07, 6.45) is 5.62. The average Bonchev–Trinajstić information content (AvgIpc) is 3.21. The van der Waals surface area contributed by atoms with Crippen LogP contribution in [0.15, 0.2) is 73.2 Å². The van der Waals surface area contributed by atoms with Gasteiger partial charge in [-0.1, -0.05) is 18.2 Å². The Morgan fingerprint density at radius 1 is 0.966 bits per heavy atom. The summed E-state index contributed by atoms with van der Waals surface area (Å²) in [5.41, 5.74) is 2.02. The minimum atomic E-state index is -0.403. The van der Waals surface area contributed by atoms with Gasteiger partial charge in [0.05, 0.1) is 0 Å². The van der Waals surface area contributed by atoms with Gasteiger partial charge >= 0.3 is 0 Å². The molecule has 0 amide bonds. The van der Waals surface area contributed by atoms with Crippen molar-refractivity contribution >= 4 is 11.4 Å². The van der Waals surface area contributed by atoms with Crippen molar-refractivity contribution in [3.05, 3.63) is 102 Å². The molecule has 0 N–H and O–H groups in total. The summed E-state index contributed by atoms with van der Waals surface area (Å²) in [6, 6.07) is 14.1. The van der Waals surface area contributed by atoms with E-state index in [4.69, 9.17) is 4.74 Å². The number of aromatic nitrogens is 2. The SMILES string of the molecule is O=C(CCc1cc(OCc2ccccc2F)ccc1F)c1ccn2ccnc2c1. The Hall–Kier alpha value is -3.54. The van der Waals surface area contributed by atoms with Crippen LogP contribution in [0.4, 0.5) is 8.78 Å². The van der Waals surface area contributed by atoms with Gasteiger partial charge in [-0.15, -0.1) is 0 Å². The van der Waals surface area contributed by atoms with E-state index >= 15 is 0 Å². The number of carbonyl (C=O) groups excluding carboxylic acids is 1. The number of hydrogen-bond acceptors (Lipinski definition) is 3. The molecule has 0 radical (unpaired) electrons. The molecule has 0 aliphatic carbocycles. The molecule has 0 saturated carbocycles. The molecule has 4 aromatic rings. The smallest absolute Gasteiger partial charge is 0.163 e. The van der Waals surface area contributed by atoms with Crippen LogP contribution in [-0.2, 0) is 13.0 Å². The first kappa shape index (κ1) is 18.8. The lowest BCUT2D eigenvalue weighted by Crippen LogP contribution is -2.04. The van der Waals surface area contributed by atoms with Gasteiger partial charge in [0.1, 0.15) is 29.6 Å². The van der Waals surface area contributed by atoms with Gasteiger partial charge in [-0.25, -0.2) is 13.8 Å². The van der Waals surface area contributed by atoms with Gasteiger partial charge in [0.25, 0.3) is 0 Å². The molecule has 0 unspecified atom stereocenters. The van der Waals surface area contributed by atoms with Crippen LogP contribution in [0.5, 0.6) is 5.75 Å². The van der Waals surface area contributed by atoms with Gasteiger partial charge in [0, 0.05) is 36.1 Å². The van der Waals surface area contributed by atoms with Gasteiger partial charge in [-0.05, 0) is 48.4 Å². The largest absolute Gasteiger partial charge is 0.489 e. The molecule has 2 aromatic carbocycles. The number of ketones is 1. The maximum absolute atomic E-state index is 14.2. The Kier molecular flexibility index (Phi) is 5.33. The number of imidazole rings is 1. The lowest BCUT2D eigenvalue weighted by atomic mass is 10.0. The molecule has 0 atom stereocenters. The van der Waals surface area contributed by atoms with Crippen LogP contribution in [0.1, 0.15) is 27.9 Å². The van der Waals surface area contributed by atoms with E-state index < -0.39 is 5.82 Å². The molecule has 0 aliphatic rings. The number of fused-ring (bicyclic) bond motifs is 1. The minimum absolute atomic E-state index is 0.0427. The van der Waals surface area contributed by atoms with Crippen molar-refractivity contribution in [3.8, 4) is 5.75 Å². The lowest BCUT2D eigenvalue weighted by molar-refractivity contribution is 0.0982.